The highest BCUT2D eigenvalue weighted by atomic mass is 32.1. The number of rotatable bonds is 5. The third-order valence-electron chi connectivity index (χ3n) is 4.93. The molecule has 0 bridgehead atoms. The fourth-order valence-corrected chi connectivity index (χ4v) is 3.51. The summed E-state index contributed by atoms with van der Waals surface area (Å²) in [6.45, 7) is 6.37. The maximum Gasteiger partial charge on any atom is 0.260 e. The zero-order valence-corrected chi connectivity index (χ0v) is 16.5. The van der Waals surface area contributed by atoms with Crippen LogP contribution >= 0.6 is 12.6 Å². The molecule has 1 heterocycles. The summed E-state index contributed by atoms with van der Waals surface area (Å²) in [6.07, 6.45) is 0. The number of hydrogen-bond donors (Lipinski definition) is 1. The minimum absolute atomic E-state index is 0.00858. The summed E-state index contributed by atoms with van der Waals surface area (Å²) in [5.41, 5.74) is 1.08. The molecule has 0 radical (unpaired) electrons. The number of carbonyl (C=O) groups is 1. The van der Waals surface area contributed by atoms with Gasteiger partial charge in [0, 0.05) is 36.6 Å². The van der Waals surface area contributed by atoms with E-state index in [1.165, 1.54) is 12.1 Å². The van der Waals surface area contributed by atoms with Gasteiger partial charge in [-0.15, -0.1) is 12.6 Å². The Balaban J connectivity index is 1.54. The van der Waals surface area contributed by atoms with E-state index in [2.05, 4.69) is 31.4 Å². The summed E-state index contributed by atoms with van der Waals surface area (Å²) in [7, 11) is 0. The Kier molecular flexibility index (Phi) is 6.39. The SMILES string of the molecule is C[C@@H]1CN(C(=O)COc2ccc(S)cc2)[C@@H](C)CN1Cc1ccc(F)cc1. The van der Waals surface area contributed by atoms with Gasteiger partial charge in [0.25, 0.3) is 5.91 Å². The number of ether oxygens (including phenoxy) is 1. The lowest BCUT2D eigenvalue weighted by atomic mass is 10.1. The summed E-state index contributed by atoms with van der Waals surface area (Å²) in [4.78, 5) is 17.7. The molecule has 27 heavy (non-hydrogen) atoms. The molecule has 144 valence electrons. The number of piperazine rings is 1. The minimum atomic E-state index is -0.223. The third kappa shape index (κ3) is 5.23. The second-order valence-corrected chi connectivity index (χ2v) is 7.60. The molecule has 2 atom stereocenters. The molecule has 1 saturated heterocycles. The third-order valence-corrected chi connectivity index (χ3v) is 5.23. The van der Waals surface area contributed by atoms with Crippen molar-refractivity contribution in [1.82, 2.24) is 9.80 Å². The first kappa shape index (κ1) is 19.7. The van der Waals surface area contributed by atoms with Crippen LogP contribution in [0.1, 0.15) is 19.4 Å². The maximum atomic E-state index is 13.1. The van der Waals surface area contributed by atoms with Crippen molar-refractivity contribution in [1.29, 1.82) is 0 Å². The van der Waals surface area contributed by atoms with Crippen molar-refractivity contribution in [3.05, 3.63) is 59.9 Å². The van der Waals surface area contributed by atoms with E-state index in [0.717, 1.165) is 23.5 Å². The smallest absolute Gasteiger partial charge is 0.260 e. The highest BCUT2D eigenvalue weighted by molar-refractivity contribution is 7.80. The van der Waals surface area contributed by atoms with Crippen molar-refractivity contribution in [2.24, 2.45) is 0 Å². The summed E-state index contributed by atoms with van der Waals surface area (Å²) in [6, 6.07) is 14.2. The van der Waals surface area contributed by atoms with Gasteiger partial charge in [0.2, 0.25) is 0 Å². The number of amides is 1. The predicted molar refractivity (Wildman–Crippen MR) is 107 cm³/mol. The number of hydrogen-bond acceptors (Lipinski definition) is 4. The average molecular weight is 389 g/mol. The molecular weight excluding hydrogens is 363 g/mol. The standard InChI is InChI=1S/C21H25FN2O2S/c1-15-12-24(21(25)14-26-19-7-9-20(27)10-8-19)16(2)11-23(15)13-17-3-5-18(22)6-4-17/h3-10,15-16,27H,11-14H2,1-2H3/t15-,16+/m1/s1. The van der Waals surface area contributed by atoms with Crippen LogP contribution < -0.4 is 4.74 Å². The number of thiol groups is 1. The van der Waals surface area contributed by atoms with Gasteiger partial charge in [-0.05, 0) is 55.8 Å². The van der Waals surface area contributed by atoms with Gasteiger partial charge in [-0.2, -0.15) is 0 Å². The Labute approximate surface area is 165 Å². The molecule has 4 nitrogen and oxygen atoms in total. The second-order valence-electron chi connectivity index (χ2n) is 7.08. The first-order chi connectivity index (χ1) is 12.9. The summed E-state index contributed by atoms with van der Waals surface area (Å²) >= 11 is 4.24. The monoisotopic (exact) mass is 388 g/mol. The van der Waals surface area contributed by atoms with Crippen molar-refractivity contribution in [3.8, 4) is 5.75 Å². The normalized spacial score (nSPS) is 20.5. The lowest BCUT2D eigenvalue weighted by Crippen LogP contribution is -2.58. The van der Waals surface area contributed by atoms with Gasteiger partial charge in [0.05, 0.1) is 0 Å². The van der Waals surface area contributed by atoms with Crippen LogP contribution in [-0.4, -0.2) is 47.5 Å². The first-order valence-corrected chi connectivity index (χ1v) is 9.57. The van der Waals surface area contributed by atoms with Crippen LogP contribution in [0.25, 0.3) is 0 Å². The van der Waals surface area contributed by atoms with E-state index in [4.69, 9.17) is 4.74 Å². The van der Waals surface area contributed by atoms with Crippen LogP contribution in [0.2, 0.25) is 0 Å². The average Bonchev–Trinajstić information content (AvgIpc) is 2.65. The molecule has 6 heteroatoms. The lowest BCUT2D eigenvalue weighted by Gasteiger charge is -2.44. The molecule has 1 aliphatic rings. The fraction of sp³-hybridized carbons (Fsp3) is 0.381. The van der Waals surface area contributed by atoms with Crippen LogP contribution in [0, 0.1) is 5.82 Å². The van der Waals surface area contributed by atoms with E-state index in [1.54, 1.807) is 0 Å². The maximum absolute atomic E-state index is 13.1. The number of benzene rings is 2. The number of carbonyl (C=O) groups excluding carboxylic acids is 1. The zero-order valence-electron chi connectivity index (χ0n) is 15.6. The van der Waals surface area contributed by atoms with Gasteiger partial charge in [-0.1, -0.05) is 12.1 Å². The summed E-state index contributed by atoms with van der Waals surface area (Å²) in [5.74, 6) is 0.433. The summed E-state index contributed by atoms with van der Waals surface area (Å²) in [5, 5.41) is 0. The van der Waals surface area contributed by atoms with Crippen molar-refractivity contribution in [2.45, 2.75) is 37.4 Å². The van der Waals surface area contributed by atoms with Crippen LogP contribution in [-0.2, 0) is 11.3 Å². The van der Waals surface area contributed by atoms with Crippen LogP contribution in [0.4, 0.5) is 4.39 Å². The highest BCUT2D eigenvalue weighted by Gasteiger charge is 2.32. The molecule has 0 aromatic heterocycles. The van der Waals surface area contributed by atoms with Gasteiger partial charge in [0.15, 0.2) is 6.61 Å². The van der Waals surface area contributed by atoms with Crippen molar-refractivity contribution < 1.29 is 13.9 Å². The quantitative estimate of drug-likeness (QED) is 0.795. The lowest BCUT2D eigenvalue weighted by molar-refractivity contribution is -0.139. The Morgan fingerprint density at radius 3 is 2.41 bits per heavy atom. The Morgan fingerprint density at radius 1 is 1.07 bits per heavy atom. The minimum Gasteiger partial charge on any atom is -0.484 e. The van der Waals surface area contributed by atoms with E-state index in [1.807, 2.05) is 41.3 Å². The van der Waals surface area contributed by atoms with Crippen LogP contribution in [0.3, 0.4) is 0 Å². The van der Waals surface area contributed by atoms with Crippen LogP contribution in [0.15, 0.2) is 53.4 Å². The predicted octanol–water partition coefficient (Wildman–Crippen LogP) is 3.61. The first-order valence-electron chi connectivity index (χ1n) is 9.12. The molecule has 3 rings (SSSR count). The van der Waals surface area contributed by atoms with Gasteiger partial charge in [0.1, 0.15) is 11.6 Å². The second kappa shape index (κ2) is 8.76. The van der Waals surface area contributed by atoms with Gasteiger partial charge in [-0.3, -0.25) is 9.69 Å². The highest BCUT2D eigenvalue weighted by Crippen LogP contribution is 2.19. The molecule has 1 aliphatic heterocycles. The summed E-state index contributed by atoms with van der Waals surface area (Å²) < 4.78 is 18.7. The molecular formula is C21H25FN2O2S. The molecule has 1 fully saturated rings. The number of nitrogens with zero attached hydrogens (tertiary/aromatic N) is 2. The van der Waals surface area contributed by atoms with E-state index in [9.17, 15) is 9.18 Å². The number of halogens is 1. The Morgan fingerprint density at radius 2 is 1.74 bits per heavy atom. The van der Waals surface area contributed by atoms with Crippen LogP contribution in [0.5, 0.6) is 5.75 Å². The van der Waals surface area contributed by atoms with E-state index in [0.29, 0.717) is 12.3 Å². The van der Waals surface area contributed by atoms with Gasteiger partial charge in [-0.25, -0.2) is 4.39 Å². The Hall–Kier alpha value is -2.05. The molecule has 0 spiro atoms. The molecule has 2 aromatic carbocycles. The topological polar surface area (TPSA) is 32.8 Å². The molecule has 2 aromatic rings. The molecule has 0 aliphatic carbocycles. The molecule has 0 saturated carbocycles. The van der Waals surface area contributed by atoms with E-state index >= 15 is 0 Å². The van der Waals surface area contributed by atoms with Crippen molar-refractivity contribution >= 4 is 18.5 Å². The largest absolute Gasteiger partial charge is 0.484 e. The van der Waals surface area contributed by atoms with Crippen molar-refractivity contribution in [2.75, 3.05) is 19.7 Å². The molecule has 0 N–H and O–H groups in total. The fourth-order valence-electron chi connectivity index (χ4n) is 3.36. The van der Waals surface area contributed by atoms with Crippen molar-refractivity contribution in [3.63, 3.8) is 0 Å². The zero-order chi connectivity index (χ0) is 19.4. The van der Waals surface area contributed by atoms with Gasteiger partial charge >= 0.3 is 0 Å². The molecule has 0 unspecified atom stereocenters. The van der Waals surface area contributed by atoms with E-state index < -0.39 is 0 Å². The molecule has 1 amide bonds. The Bertz CT molecular complexity index is 767. The van der Waals surface area contributed by atoms with E-state index in [-0.39, 0.29) is 30.4 Å². The van der Waals surface area contributed by atoms with Gasteiger partial charge < -0.3 is 9.64 Å².